The van der Waals surface area contributed by atoms with Gasteiger partial charge in [0.05, 0.1) is 13.2 Å². The zero-order valence-electron chi connectivity index (χ0n) is 18.8. The fourth-order valence-electron chi connectivity index (χ4n) is 3.34. The van der Waals surface area contributed by atoms with Crippen molar-refractivity contribution in [1.29, 1.82) is 0 Å². The molecule has 0 atom stereocenters. The monoisotopic (exact) mass is 495 g/mol. The van der Waals surface area contributed by atoms with E-state index in [1.54, 1.807) is 54.0 Å². The van der Waals surface area contributed by atoms with E-state index >= 15 is 0 Å². The maximum atomic E-state index is 12.2. The number of nitrogens with one attached hydrogen (secondary N) is 3. The van der Waals surface area contributed by atoms with Gasteiger partial charge in [0.1, 0.15) is 0 Å². The predicted molar refractivity (Wildman–Crippen MR) is 133 cm³/mol. The average molecular weight is 495 g/mol. The third kappa shape index (κ3) is 6.71. The quantitative estimate of drug-likeness (QED) is 0.133. The Balaban J connectivity index is 1.96. The Labute approximate surface area is 203 Å². The Hall–Kier alpha value is -3.62. The van der Waals surface area contributed by atoms with Crippen LogP contribution in [0.3, 0.4) is 0 Å². The summed E-state index contributed by atoms with van der Waals surface area (Å²) in [5.74, 6) is -1.18. The van der Waals surface area contributed by atoms with Gasteiger partial charge in [-0.1, -0.05) is 36.4 Å². The molecule has 0 saturated heterocycles. The first kappa shape index (κ1) is 26.0. The van der Waals surface area contributed by atoms with Crippen molar-refractivity contribution < 1.29 is 29.8 Å². The number of rotatable bonds is 10. The largest absolute Gasteiger partial charge is 0.395 e. The zero-order chi connectivity index (χ0) is 25.2. The number of carbonyl (C=O) groups is 3. The van der Waals surface area contributed by atoms with E-state index in [-0.39, 0.29) is 38.1 Å². The van der Waals surface area contributed by atoms with Crippen LogP contribution >= 0.6 is 7.92 Å². The van der Waals surface area contributed by atoms with Gasteiger partial charge in [-0.05, 0) is 60.2 Å². The second-order valence-corrected chi connectivity index (χ2v) is 9.60. The van der Waals surface area contributed by atoms with Crippen LogP contribution in [0.15, 0.2) is 72.8 Å². The van der Waals surface area contributed by atoms with Crippen LogP contribution in [0.5, 0.6) is 0 Å². The van der Waals surface area contributed by atoms with Crippen molar-refractivity contribution in [2.45, 2.75) is 0 Å². The smallest absolute Gasteiger partial charge is 0.274 e. The van der Waals surface area contributed by atoms with Crippen LogP contribution in [0.2, 0.25) is 0 Å². The van der Waals surface area contributed by atoms with Crippen molar-refractivity contribution in [3.8, 4) is 0 Å². The van der Waals surface area contributed by atoms with E-state index in [4.69, 9.17) is 15.4 Å². The lowest BCUT2D eigenvalue weighted by atomic mass is 10.2. The number of aliphatic hydroxyl groups is 2. The van der Waals surface area contributed by atoms with Crippen molar-refractivity contribution in [1.82, 2.24) is 16.1 Å². The SMILES string of the molecule is O=C(NO)c1ccc(P(c2ccc(C(=O)NCCO)cc2)c2ccc(C(=O)NCCO)cc2)cc1. The topological polar surface area (TPSA) is 148 Å². The van der Waals surface area contributed by atoms with Gasteiger partial charge >= 0.3 is 0 Å². The number of hydrogen-bond donors (Lipinski definition) is 6. The molecule has 0 fully saturated rings. The molecule has 0 radical (unpaired) electrons. The molecular weight excluding hydrogens is 469 g/mol. The lowest BCUT2D eigenvalue weighted by Crippen LogP contribution is -2.27. The van der Waals surface area contributed by atoms with Crippen molar-refractivity contribution in [2.75, 3.05) is 26.3 Å². The van der Waals surface area contributed by atoms with E-state index in [2.05, 4.69) is 10.6 Å². The summed E-state index contributed by atoms with van der Waals surface area (Å²) in [4.78, 5) is 36.1. The zero-order valence-corrected chi connectivity index (χ0v) is 19.7. The minimum Gasteiger partial charge on any atom is -0.395 e. The molecule has 6 N–H and O–H groups in total. The highest BCUT2D eigenvalue weighted by Gasteiger charge is 2.19. The molecule has 3 aromatic rings. The summed E-state index contributed by atoms with van der Waals surface area (Å²) in [6.45, 7) is 0.0411. The van der Waals surface area contributed by atoms with Gasteiger partial charge in [-0.2, -0.15) is 0 Å². The van der Waals surface area contributed by atoms with Gasteiger partial charge in [-0.3, -0.25) is 19.6 Å². The minimum absolute atomic E-state index is 0.145. The third-order valence-electron chi connectivity index (χ3n) is 5.06. The Morgan fingerprint density at radius 1 is 0.571 bits per heavy atom. The Kier molecular flexibility index (Phi) is 9.46. The van der Waals surface area contributed by atoms with E-state index < -0.39 is 13.8 Å². The first-order valence-electron chi connectivity index (χ1n) is 10.8. The third-order valence-corrected chi connectivity index (χ3v) is 7.50. The van der Waals surface area contributed by atoms with Crippen LogP contribution in [0, 0.1) is 0 Å². The molecule has 10 heteroatoms. The standard InChI is InChI=1S/C25H26N3O6P/c29-15-13-26-23(31)17-1-7-20(8-2-17)35(22-11-5-19(6-12-22)25(33)28-34)21-9-3-18(4-10-21)24(32)27-14-16-30/h1-12,29-30,34H,13-16H2,(H,26,31)(H,27,32)(H,28,33). The van der Waals surface area contributed by atoms with E-state index in [1.165, 1.54) is 0 Å². The highest BCUT2D eigenvalue weighted by Crippen LogP contribution is 2.33. The second-order valence-electron chi connectivity index (χ2n) is 7.38. The second kappa shape index (κ2) is 12.7. The van der Waals surface area contributed by atoms with Crippen molar-refractivity contribution in [2.24, 2.45) is 0 Å². The number of amides is 3. The Morgan fingerprint density at radius 2 is 0.886 bits per heavy atom. The number of hydrogen-bond acceptors (Lipinski definition) is 6. The molecular formula is C25H26N3O6P. The average Bonchev–Trinajstić information content (AvgIpc) is 2.91. The summed E-state index contributed by atoms with van der Waals surface area (Å²) in [5, 5.41) is 34.7. The summed E-state index contributed by atoms with van der Waals surface area (Å²) in [7, 11) is -1.10. The van der Waals surface area contributed by atoms with Crippen molar-refractivity contribution in [3.63, 3.8) is 0 Å². The molecule has 0 saturated carbocycles. The maximum absolute atomic E-state index is 12.2. The molecule has 0 spiro atoms. The van der Waals surface area contributed by atoms with Crippen LogP contribution in [-0.2, 0) is 0 Å². The van der Waals surface area contributed by atoms with Crippen LogP contribution < -0.4 is 32.0 Å². The molecule has 3 aromatic carbocycles. The minimum atomic E-state index is -1.10. The van der Waals surface area contributed by atoms with Crippen LogP contribution in [0.4, 0.5) is 0 Å². The first-order valence-corrected chi connectivity index (χ1v) is 12.2. The van der Waals surface area contributed by atoms with Gasteiger partial charge in [0, 0.05) is 29.8 Å². The summed E-state index contributed by atoms with van der Waals surface area (Å²) in [6.07, 6.45) is 0. The Bertz CT molecular complexity index is 1090. The van der Waals surface area contributed by atoms with Gasteiger partial charge in [0.2, 0.25) is 0 Å². The van der Waals surface area contributed by atoms with Gasteiger partial charge in [-0.15, -0.1) is 0 Å². The van der Waals surface area contributed by atoms with Gasteiger partial charge in [-0.25, -0.2) is 5.48 Å². The molecule has 35 heavy (non-hydrogen) atoms. The fourth-order valence-corrected chi connectivity index (χ4v) is 5.58. The number of carbonyl (C=O) groups excluding carboxylic acids is 3. The lowest BCUT2D eigenvalue weighted by molar-refractivity contribution is 0.0706. The summed E-state index contributed by atoms with van der Waals surface area (Å²) in [6, 6.07) is 21.1. The number of aliphatic hydroxyl groups excluding tert-OH is 2. The van der Waals surface area contributed by atoms with Gasteiger partial charge in [0.25, 0.3) is 17.7 Å². The van der Waals surface area contributed by atoms with Crippen molar-refractivity contribution >= 4 is 41.6 Å². The Morgan fingerprint density at radius 3 is 1.17 bits per heavy atom. The van der Waals surface area contributed by atoms with Crippen LogP contribution in [-0.4, -0.2) is 59.4 Å². The molecule has 182 valence electrons. The maximum Gasteiger partial charge on any atom is 0.274 e. The molecule has 0 aliphatic heterocycles. The molecule has 9 nitrogen and oxygen atoms in total. The predicted octanol–water partition coefficient (Wildman–Crippen LogP) is 0.00800. The number of benzene rings is 3. The summed E-state index contributed by atoms with van der Waals surface area (Å²) in [5.41, 5.74) is 2.84. The van der Waals surface area contributed by atoms with Crippen LogP contribution in [0.25, 0.3) is 0 Å². The normalized spacial score (nSPS) is 10.6. The van der Waals surface area contributed by atoms with Crippen molar-refractivity contribution in [3.05, 3.63) is 89.5 Å². The number of hydroxylamine groups is 1. The van der Waals surface area contributed by atoms with Gasteiger partial charge < -0.3 is 20.8 Å². The summed E-state index contributed by atoms with van der Waals surface area (Å²) < 4.78 is 0. The highest BCUT2D eigenvalue weighted by molar-refractivity contribution is 7.79. The highest BCUT2D eigenvalue weighted by atomic mass is 31.1. The lowest BCUT2D eigenvalue weighted by Gasteiger charge is -2.20. The first-order chi connectivity index (χ1) is 17.0. The van der Waals surface area contributed by atoms with E-state index in [0.29, 0.717) is 16.7 Å². The fraction of sp³-hybridized carbons (Fsp3) is 0.160. The molecule has 0 bridgehead atoms. The molecule has 0 aliphatic rings. The molecule has 0 heterocycles. The molecule has 0 aliphatic carbocycles. The molecule has 3 rings (SSSR count). The summed E-state index contributed by atoms with van der Waals surface area (Å²) >= 11 is 0. The molecule has 0 unspecified atom stereocenters. The van der Waals surface area contributed by atoms with Crippen LogP contribution in [0.1, 0.15) is 31.1 Å². The van der Waals surface area contributed by atoms with Gasteiger partial charge in [0.15, 0.2) is 0 Å². The molecule has 0 aromatic heterocycles. The molecule has 3 amide bonds. The van der Waals surface area contributed by atoms with E-state index in [1.807, 2.05) is 24.3 Å². The van der Waals surface area contributed by atoms with E-state index in [9.17, 15) is 14.4 Å². The van der Waals surface area contributed by atoms with E-state index in [0.717, 1.165) is 15.9 Å².